The summed E-state index contributed by atoms with van der Waals surface area (Å²) in [5.41, 5.74) is 1.67. The lowest BCUT2D eigenvalue weighted by molar-refractivity contribution is -0.131. The van der Waals surface area contributed by atoms with E-state index in [9.17, 15) is 9.59 Å². The van der Waals surface area contributed by atoms with Gasteiger partial charge in [-0.3, -0.25) is 9.59 Å². The Bertz CT molecular complexity index is 1000. The van der Waals surface area contributed by atoms with Crippen molar-refractivity contribution in [3.05, 3.63) is 82.9 Å². The predicted molar refractivity (Wildman–Crippen MR) is 112 cm³/mol. The molecule has 0 bridgehead atoms. The van der Waals surface area contributed by atoms with Crippen molar-refractivity contribution in [2.75, 3.05) is 26.2 Å². The summed E-state index contributed by atoms with van der Waals surface area (Å²) in [6, 6.07) is 21.1. The van der Waals surface area contributed by atoms with Crippen LogP contribution >= 0.6 is 11.6 Å². The molecule has 4 nitrogen and oxygen atoms in total. The van der Waals surface area contributed by atoms with Crippen LogP contribution in [-0.4, -0.2) is 47.8 Å². The molecule has 1 heterocycles. The predicted octanol–water partition coefficient (Wildman–Crippen LogP) is 4.02. The molecule has 0 spiro atoms. The van der Waals surface area contributed by atoms with Gasteiger partial charge in [0.15, 0.2) is 0 Å². The fourth-order valence-electron chi connectivity index (χ4n) is 3.63. The first kappa shape index (κ1) is 18.5. The minimum Gasteiger partial charge on any atom is -0.339 e. The van der Waals surface area contributed by atoms with Gasteiger partial charge in [0.05, 0.1) is 6.42 Å². The highest BCUT2D eigenvalue weighted by Crippen LogP contribution is 2.21. The summed E-state index contributed by atoms with van der Waals surface area (Å²) >= 11 is 5.90. The van der Waals surface area contributed by atoms with Gasteiger partial charge in [0.1, 0.15) is 0 Å². The fourth-order valence-corrected chi connectivity index (χ4v) is 3.76. The number of hydrogen-bond donors (Lipinski definition) is 0. The molecule has 4 rings (SSSR count). The fraction of sp³-hybridized carbons (Fsp3) is 0.217. The lowest BCUT2D eigenvalue weighted by atomic mass is 10.0. The first-order chi connectivity index (χ1) is 13.6. The van der Waals surface area contributed by atoms with Gasteiger partial charge in [0.2, 0.25) is 5.91 Å². The molecule has 3 aromatic carbocycles. The summed E-state index contributed by atoms with van der Waals surface area (Å²) in [7, 11) is 0. The van der Waals surface area contributed by atoms with Crippen molar-refractivity contribution in [3.63, 3.8) is 0 Å². The maximum Gasteiger partial charge on any atom is 0.254 e. The zero-order chi connectivity index (χ0) is 19.5. The van der Waals surface area contributed by atoms with Gasteiger partial charge in [-0.05, 0) is 34.5 Å². The quantitative estimate of drug-likeness (QED) is 0.675. The zero-order valence-corrected chi connectivity index (χ0v) is 16.2. The van der Waals surface area contributed by atoms with Crippen LogP contribution in [0.15, 0.2) is 66.7 Å². The number of halogens is 1. The van der Waals surface area contributed by atoms with Gasteiger partial charge in [-0.2, -0.15) is 0 Å². The molecule has 1 aliphatic heterocycles. The van der Waals surface area contributed by atoms with Crippen molar-refractivity contribution in [1.29, 1.82) is 0 Å². The number of carbonyl (C=O) groups is 2. The van der Waals surface area contributed by atoms with Gasteiger partial charge in [-0.15, -0.1) is 0 Å². The number of hydrogen-bond acceptors (Lipinski definition) is 2. The summed E-state index contributed by atoms with van der Waals surface area (Å²) in [5.74, 6) is 0.112. The second-order valence-corrected chi connectivity index (χ2v) is 7.44. The Balaban J connectivity index is 1.40. The molecule has 2 amide bonds. The topological polar surface area (TPSA) is 40.6 Å². The molecule has 5 heteroatoms. The van der Waals surface area contributed by atoms with E-state index in [2.05, 4.69) is 0 Å². The molecular weight excluding hydrogens is 372 g/mol. The molecule has 0 unspecified atom stereocenters. The Morgan fingerprint density at radius 2 is 1.43 bits per heavy atom. The van der Waals surface area contributed by atoms with Crippen molar-refractivity contribution in [1.82, 2.24) is 9.80 Å². The van der Waals surface area contributed by atoms with Gasteiger partial charge in [-0.25, -0.2) is 0 Å². The lowest BCUT2D eigenvalue weighted by Crippen LogP contribution is -2.51. The molecule has 0 radical (unpaired) electrons. The summed E-state index contributed by atoms with van der Waals surface area (Å²) in [5, 5.41) is 2.69. The van der Waals surface area contributed by atoms with Crippen LogP contribution in [0.1, 0.15) is 15.9 Å². The standard InChI is InChI=1S/C23H21ClN2O2/c24-19-10-8-17(9-11-19)16-22(27)25-12-14-26(15-13-25)23(28)21-7-3-5-18-4-1-2-6-20(18)21/h1-11H,12-16H2. The molecule has 0 aliphatic carbocycles. The van der Waals surface area contributed by atoms with Gasteiger partial charge in [-0.1, -0.05) is 60.1 Å². The second-order valence-electron chi connectivity index (χ2n) is 7.00. The Morgan fingerprint density at radius 1 is 0.786 bits per heavy atom. The third-order valence-corrected chi connectivity index (χ3v) is 5.46. The van der Waals surface area contributed by atoms with E-state index in [0.29, 0.717) is 37.6 Å². The normalized spacial score (nSPS) is 14.3. The highest BCUT2D eigenvalue weighted by Gasteiger charge is 2.25. The molecule has 1 fully saturated rings. The van der Waals surface area contributed by atoms with E-state index in [0.717, 1.165) is 21.9 Å². The Kier molecular flexibility index (Phi) is 5.31. The van der Waals surface area contributed by atoms with Crippen molar-refractivity contribution >= 4 is 34.2 Å². The van der Waals surface area contributed by atoms with E-state index in [1.54, 1.807) is 12.1 Å². The van der Waals surface area contributed by atoms with E-state index in [-0.39, 0.29) is 11.8 Å². The minimum atomic E-state index is 0.0293. The molecule has 142 valence electrons. The summed E-state index contributed by atoms with van der Waals surface area (Å²) in [6.45, 7) is 2.22. The number of piperazine rings is 1. The van der Waals surface area contributed by atoms with Crippen molar-refractivity contribution in [2.45, 2.75) is 6.42 Å². The maximum absolute atomic E-state index is 13.0. The average Bonchev–Trinajstić information content (AvgIpc) is 2.74. The van der Waals surface area contributed by atoms with Crippen LogP contribution in [0.4, 0.5) is 0 Å². The molecule has 3 aromatic rings. The molecule has 0 aromatic heterocycles. The zero-order valence-electron chi connectivity index (χ0n) is 15.5. The van der Waals surface area contributed by atoms with Crippen LogP contribution in [0, 0.1) is 0 Å². The molecule has 28 heavy (non-hydrogen) atoms. The van der Waals surface area contributed by atoms with Crippen LogP contribution in [0.25, 0.3) is 10.8 Å². The lowest BCUT2D eigenvalue weighted by Gasteiger charge is -2.35. The van der Waals surface area contributed by atoms with Crippen LogP contribution in [0.5, 0.6) is 0 Å². The monoisotopic (exact) mass is 392 g/mol. The Hall–Kier alpha value is -2.85. The van der Waals surface area contributed by atoms with Gasteiger partial charge in [0.25, 0.3) is 5.91 Å². The van der Waals surface area contributed by atoms with Crippen LogP contribution in [0.3, 0.4) is 0 Å². The van der Waals surface area contributed by atoms with Crippen LogP contribution in [-0.2, 0) is 11.2 Å². The average molecular weight is 393 g/mol. The number of carbonyl (C=O) groups excluding carboxylic acids is 2. The summed E-state index contributed by atoms with van der Waals surface area (Å²) in [6.07, 6.45) is 0.356. The van der Waals surface area contributed by atoms with E-state index >= 15 is 0 Å². The van der Waals surface area contributed by atoms with E-state index in [1.165, 1.54) is 0 Å². The number of fused-ring (bicyclic) bond motifs is 1. The van der Waals surface area contributed by atoms with E-state index in [1.807, 2.05) is 64.4 Å². The van der Waals surface area contributed by atoms with E-state index < -0.39 is 0 Å². The Labute approximate surface area is 169 Å². The van der Waals surface area contributed by atoms with Crippen molar-refractivity contribution in [2.24, 2.45) is 0 Å². The first-order valence-corrected chi connectivity index (χ1v) is 9.79. The molecule has 0 atom stereocenters. The van der Waals surface area contributed by atoms with Gasteiger partial charge < -0.3 is 9.80 Å². The van der Waals surface area contributed by atoms with Gasteiger partial charge >= 0.3 is 0 Å². The number of benzene rings is 3. The van der Waals surface area contributed by atoms with E-state index in [4.69, 9.17) is 11.6 Å². The van der Waals surface area contributed by atoms with Crippen molar-refractivity contribution < 1.29 is 9.59 Å². The largest absolute Gasteiger partial charge is 0.339 e. The Morgan fingerprint density at radius 3 is 2.18 bits per heavy atom. The number of nitrogens with zero attached hydrogens (tertiary/aromatic N) is 2. The molecule has 1 saturated heterocycles. The van der Waals surface area contributed by atoms with Crippen LogP contribution in [0.2, 0.25) is 5.02 Å². The van der Waals surface area contributed by atoms with Gasteiger partial charge in [0, 0.05) is 36.8 Å². The molecule has 0 saturated carbocycles. The molecular formula is C23H21ClN2O2. The summed E-state index contributed by atoms with van der Waals surface area (Å²) in [4.78, 5) is 29.3. The maximum atomic E-state index is 13.0. The number of rotatable bonds is 3. The summed E-state index contributed by atoms with van der Waals surface area (Å²) < 4.78 is 0. The van der Waals surface area contributed by atoms with Crippen molar-refractivity contribution in [3.8, 4) is 0 Å². The van der Waals surface area contributed by atoms with Crippen LogP contribution < -0.4 is 0 Å². The third-order valence-electron chi connectivity index (χ3n) is 5.21. The molecule has 0 N–H and O–H groups in total. The SMILES string of the molecule is O=C(Cc1ccc(Cl)cc1)N1CCN(C(=O)c2cccc3ccccc23)CC1. The molecule has 1 aliphatic rings. The third kappa shape index (κ3) is 3.87. The highest BCUT2D eigenvalue weighted by molar-refractivity contribution is 6.30. The minimum absolute atomic E-state index is 0.0293. The highest BCUT2D eigenvalue weighted by atomic mass is 35.5. The first-order valence-electron chi connectivity index (χ1n) is 9.41. The number of amides is 2. The smallest absolute Gasteiger partial charge is 0.254 e. The second kappa shape index (κ2) is 8.03.